The molecule has 0 unspecified atom stereocenters. The Labute approximate surface area is 208 Å². The highest BCUT2D eigenvalue weighted by molar-refractivity contribution is 7.98. The average Bonchev–Trinajstić information content (AvgIpc) is 2.85. The minimum Gasteiger partial charge on any atom is -0.480 e. The normalized spacial score (nSPS) is 15.1. The first-order chi connectivity index (χ1) is 16.5. The first kappa shape index (κ1) is 26.3. The molecule has 6 heteroatoms. The van der Waals surface area contributed by atoms with E-state index in [1.54, 1.807) is 11.8 Å². The number of aliphatic carboxylic acids is 1. The lowest BCUT2D eigenvalue weighted by molar-refractivity contribution is -0.139. The van der Waals surface area contributed by atoms with E-state index >= 15 is 0 Å². The van der Waals surface area contributed by atoms with Crippen molar-refractivity contribution in [2.75, 3.05) is 25.1 Å². The van der Waals surface area contributed by atoms with Gasteiger partial charge >= 0.3 is 5.97 Å². The minimum atomic E-state index is -1.000. The van der Waals surface area contributed by atoms with Crippen molar-refractivity contribution in [3.8, 4) is 11.1 Å². The second-order valence-corrected chi connectivity index (χ2v) is 10.3. The van der Waals surface area contributed by atoms with Gasteiger partial charge in [0.15, 0.2) is 0 Å². The van der Waals surface area contributed by atoms with Crippen LogP contribution in [0.25, 0.3) is 11.1 Å². The topological polar surface area (TPSA) is 78.4 Å². The second-order valence-electron chi connectivity index (χ2n) is 9.30. The van der Waals surface area contributed by atoms with Gasteiger partial charge in [0.05, 0.1) is 0 Å². The van der Waals surface area contributed by atoms with Gasteiger partial charge in [0.25, 0.3) is 5.91 Å². The van der Waals surface area contributed by atoms with Crippen LogP contribution in [0.3, 0.4) is 0 Å². The number of carbonyl (C=O) groups is 2. The molecule has 1 aliphatic rings. The summed E-state index contributed by atoms with van der Waals surface area (Å²) < 4.78 is 0. The van der Waals surface area contributed by atoms with E-state index in [1.165, 1.54) is 37.7 Å². The van der Waals surface area contributed by atoms with Gasteiger partial charge < -0.3 is 15.7 Å². The Morgan fingerprint density at radius 1 is 1.09 bits per heavy atom. The van der Waals surface area contributed by atoms with Crippen LogP contribution >= 0.6 is 11.8 Å². The molecule has 0 bridgehead atoms. The van der Waals surface area contributed by atoms with E-state index < -0.39 is 12.0 Å². The van der Waals surface area contributed by atoms with Gasteiger partial charge in [-0.1, -0.05) is 55.7 Å². The Morgan fingerprint density at radius 2 is 1.85 bits per heavy atom. The van der Waals surface area contributed by atoms with Gasteiger partial charge in [0.2, 0.25) is 0 Å². The fraction of sp³-hybridized carbons (Fsp3) is 0.500. The minimum absolute atomic E-state index is 0.339. The number of amides is 1. The smallest absolute Gasteiger partial charge is 0.326 e. The Hall–Kier alpha value is -2.31. The molecular formula is C28H38N2O3S. The van der Waals surface area contributed by atoms with Crippen LogP contribution in [0.5, 0.6) is 0 Å². The maximum atomic E-state index is 13.2. The highest BCUT2D eigenvalue weighted by Gasteiger charge is 2.22. The molecule has 1 atom stereocenters. The number of hydrogen-bond acceptors (Lipinski definition) is 4. The third-order valence-corrected chi connectivity index (χ3v) is 7.37. The zero-order valence-electron chi connectivity index (χ0n) is 20.4. The van der Waals surface area contributed by atoms with Crippen LogP contribution in [-0.2, 0) is 11.2 Å². The number of benzene rings is 2. The molecule has 0 saturated heterocycles. The molecule has 3 N–H and O–H groups in total. The van der Waals surface area contributed by atoms with Crippen molar-refractivity contribution in [2.24, 2.45) is 5.92 Å². The summed E-state index contributed by atoms with van der Waals surface area (Å²) >= 11 is 1.57. The zero-order chi connectivity index (χ0) is 24.3. The molecule has 184 valence electrons. The number of thioether (sulfide) groups is 1. The molecule has 0 aromatic heterocycles. The summed E-state index contributed by atoms with van der Waals surface area (Å²) in [6.07, 6.45) is 9.98. The van der Waals surface area contributed by atoms with Crippen molar-refractivity contribution in [2.45, 2.75) is 57.9 Å². The summed E-state index contributed by atoms with van der Waals surface area (Å²) in [7, 11) is 0. The Kier molecular flexibility index (Phi) is 10.5. The van der Waals surface area contributed by atoms with Gasteiger partial charge in [-0.2, -0.15) is 11.8 Å². The fourth-order valence-electron chi connectivity index (χ4n) is 4.70. The van der Waals surface area contributed by atoms with Crippen LogP contribution in [0.2, 0.25) is 0 Å². The number of carboxylic acid groups (broad SMARTS) is 1. The summed E-state index contributed by atoms with van der Waals surface area (Å²) in [5, 5.41) is 15.9. The van der Waals surface area contributed by atoms with E-state index in [-0.39, 0.29) is 5.91 Å². The van der Waals surface area contributed by atoms with Gasteiger partial charge in [0.1, 0.15) is 6.04 Å². The van der Waals surface area contributed by atoms with Crippen LogP contribution in [0.4, 0.5) is 0 Å². The van der Waals surface area contributed by atoms with Crippen LogP contribution in [0.15, 0.2) is 42.5 Å². The summed E-state index contributed by atoms with van der Waals surface area (Å²) in [6.45, 7) is 4.02. The highest BCUT2D eigenvalue weighted by Crippen LogP contribution is 2.29. The molecule has 2 aromatic rings. The third kappa shape index (κ3) is 7.60. The molecule has 3 rings (SSSR count). The Bertz CT molecular complexity index is 956. The first-order valence-corrected chi connectivity index (χ1v) is 13.8. The predicted octanol–water partition coefficient (Wildman–Crippen LogP) is 5.31. The maximum Gasteiger partial charge on any atom is 0.326 e. The zero-order valence-corrected chi connectivity index (χ0v) is 21.3. The molecule has 0 aliphatic heterocycles. The number of rotatable bonds is 12. The molecular weight excluding hydrogens is 444 g/mol. The lowest BCUT2D eigenvalue weighted by Crippen LogP contribution is -2.41. The summed E-state index contributed by atoms with van der Waals surface area (Å²) in [4.78, 5) is 24.8. The van der Waals surface area contributed by atoms with Crippen LogP contribution in [0.1, 0.15) is 60.0 Å². The lowest BCUT2D eigenvalue weighted by atomic mass is 9.89. The number of hydrogen-bond donors (Lipinski definition) is 3. The van der Waals surface area contributed by atoms with Gasteiger partial charge in [-0.15, -0.1) is 0 Å². The molecule has 0 spiro atoms. The average molecular weight is 483 g/mol. The number of aryl methyl sites for hydroxylation is 1. The van der Waals surface area contributed by atoms with Crippen molar-refractivity contribution in [1.29, 1.82) is 0 Å². The molecule has 34 heavy (non-hydrogen) atoms. The van der Waals surface area contributed by atoms with Gasteiger partial charge in [-0.3, -0.25) is 4.79 Å². The van der Waals surface area contributed by atoms with Crippen LogP contribution in [-0.4, -0.2) is 48.1 Å². The van der Waals surface area contributed by atoms with Crippen molar-refractivity contribution >= 4 is 23.6 Å². The van der Waals surface area contributed by atoms with E-state index in [0.717, 1.165) is 42.1 Å². The van der Waals surface area contributed by atoms with Crippen molar-refractivity contribution in [3.05, 3.63) is 59.2 Å². The van der Waals surface area contributed by atoms with Gasteiger partial charge in [0, 0.05) is 5.56 Å². The molecule has 1 fully saturated rings. The van der Waals surface area contributed by atoms with E-state index in [0.29, 0.717) is 17.7 Å². The molecule has 1 amide bonds. The highest BCUT2D eigenvalue weighted by atomic mass is 32.2. The second kappa shape index (κ2) is 13.5. The van der Waals surface area contributed by atoms with Crippen LogP contribution < -0.4 is 10.6 Å². The van der Waals surface area contributed by atoms with Gasteiger partial charge in [-0.25, -0.2) is 4.79 Å². The number of carboxylic acids is 1. The fourth-order valence-corrected chi connectivity index (χ4v) is 5.17. The quantitative estimate of drug-likeness (QED) is 0.357. The Morgan fingerprint density at radius 3 is 2.56 bits per heavy atom. The number of nitrogens with one attached hydrogen (secondary N) is 2. The van der Waals surface area contributed by atoms with Gasteiger partial charge in [-0.05, 0) is 91.9 Å². The molecule has 0 radical (unpaired) electrons. The molecule has 1 aliphatic carbocycles. The van der Waals surface area contributed by atoms with E-state index in [4.69, 9.17) is 0 Å². The molecule has 5 nitrogen and oxygen atoms in total. The van der Waals surface area contributed by atoms with Crippen LogP contribution in [0, 0.1) is 12.8 Å². The summed E-state index contributed by atoms with van der Waals surface area (Å²) in [5.74, 6) is 0.138. The van der Waals surface area contributed by atoms with E-state index in [9.17, 15) is 14.7 Å². The molecule has 0 heterocycles. The predicted molar refractivity (Wildman–Crippen MR) is 142 cm³/mol. The largest absolute Gasteiger partial charge is 0.480 e. The third-order valence-electron chi connectivity index (χ3n) is 6.73. The number of carbonyl (C=O) groups excluding carboxylic acids is 1. The van der Waals surface area contributed by atoms with Crippen molar-refractivity contribution in [3.63, 3.8) is 0 Å². The first-order valence-electron chi connectivity index (χ1n) is 12.4. The van der Waals surface area contributed by atoms with Crippen molar-refractivity contribution in [1.82, 2.24) is 10.6 Å². The standard InChI is InChI=1S/C28H38N2O3S/c1-20-8-6-7-11-23(20)25-18-21(14-16-29-19-22-9-4-3-5-10-22)12-13-24(25)27(31)30-26(28(32)33)15-17-34-2/h6-8,11-13,18,22,26,29H,3-5,9-10,14-17,19H2,1-2H3,(H,30,31)(H,32,33)/t26-/m0/s1. The maximum absolute atomic E-state index is 13.2. The van der Waals surface area contributed by atoms with E-state index in [1.807, 2.05) is 49.6 Å². The monoisotopic (exact) mass is 482 g/mol. The van der Waals surface area contributed by atoms with Crippen molar-refractivity contribution < 1.29 is 14.7 Å². The molecule has 2 aromatic carbocycles. The Balaban J connectivity index is 1.75. The lowest BCUT2D eigenvalue weighted by Gasteiger charge is -2.22. The molecule has 1 saturated carbocycles. The summed E-state index contributed by atoms with van der Waals surface area (Å²) in [5.41, 5.74) is 4.63. The summed E-state index contributed by atoms with van der Waals surface area (Å²) in [6, 6.07) is 13.1. The van der Waals surface area contributed by atoms with E-state index in [2.05, 4.69) is 16.7 Å². The SMILES string of the molecule is CSCC[C@H](NC(=O)c1ccc(CCNCC2CCCCC2)cc1-c1ccccc1C)C(=O)O.